The van der Waals surface area contributed by atoms with Crippen LogP contribution < -0.4 is 0 Å². The molecule has 0 radical (unpaired) electrons. The number of hydrogen-bond donors (Lipinski definition) is 0. The molecular weight excluding hydrogens is 244 g/mol. The summed E-state index contributed by atoms with van der Waals surface area (Å²) in [4.78, 5) is 11.0. The molecule has 0 amide bonds. The van der Waals surface area contributed by atoms with E-state index < -0.39 is 8.07 Å². The molecule has 1 heterocycles. The molecule has 0 unspecified atom stereocenters. The van der Waals surface area contributed by atoms with Gasteiger partial charge in [-0.3, -0.25) is 9.48 Å². The summed E-state index contributed by atoms with van der Waals surface area (Å²) >= 11 is 0. The molecule has 1 rings (SSSR count). The van der Waals surface area contributed by atoms with E-state index in [0.29, 0.717) is 13.0 Å². The summed E-state index contributed by atoms with van der Waals surface area (Å²) in [7, 11) is 0.0678. The monoisotopic (exact) mass is 264 g/mol. The van der Waals surface area contributed by atoms with Crippen molar-refractivity contribution in [2.24, 2.45) is 0 Å². The summed E-state index contributed by atoms with van der Waals surface area (Å²) in [6, 6.07) is 0. The number of methoxy groups -OCH3 is 1. The normalized spacial score (nSPS) is 10.7. The molecule has 0 aromatic carbocycles. The lowest BCUT2D eigenvalue weighted by molar-refractivity contribution is -0.140. The van der Waals surface area contributed by atoms with Crippen molar-refractivity contribution in [3.8, 4) is 11.5 Å². The van der Waals surface area contributed by atoms with Gasteiger partial charge in [0, 0.05) is 19.2 Å². The van der Waals surface area contributed by atoms with Gasteiger partial charge in [-0.2, -0.15) is 5.10 Å². The maximum absolute atomic E-state index is 11.0. The molecule has 0 aliphatic heterocycles. The molecule has 4 nitrogen and oxygen atoms in total. The summed E-state index contributed by atoms with van der Waals surface area (Å²) in [5, 5.41) is 4.22. The van der Waals surface area contributed by atoms with Crippen molar-refractivity contribution in [3.63, 3.8) is 0 Å². The van der Waals surface area contributed by atoms with Crippen LogP contribution in [0, 0.1) is 11.5 Å². The SMILES string of the molecule is COC(=O)CCCn1cc(C#C[Si](C)(C)C)cn1. The summed E-state index contributed by atoms with van der Waals surface area (Å²) in [5.74, 6) is 2.97. The Kier molecular flexibility index (Phi) is 5.17. The molecule has 0 saturated heterocycles. The van der Waals surface area contributed by atoms with E-state index in [1.165, 1.54) is 7.11 Å². The minimum Gasteiger partial charge on any atom is -0.469 e. The fraction of sp³-hybridized carbons (Fsp3) is 0.538. The van der Waals surface area contributed by atoms with E-state index in [2.05, 4.69) is 40.9 Å². The number of ether oxygens (including phenoxy) is 1. The molecule has 0 saturated carbocycles. The summed E-state index contributed by atoms with van der Waals surface area (Å²) in [6.07, 6.45) is 4.84. The first-order valence-corrected chi connectivity index (χ1v) is 9.53. The highest BCUT2D eigenvalue weighted by Gasteiger charge is 2.07. The first-order chi connectivity index (χ1) is 8.40. The number of carbonyl (C=O) groups excluding carboxylic acids is 1. The van der Waals surface area contributed by atoms with Gasteiger partial charge in [0.25, 0.3) is 0 Å². The van der Waals surface area contributed by atoms with Crippen LogP contribution in [0.15, 0.2) is 12.4 Å². The van der Waals surface area contributed by atoms with Gasteiger partial charge in [-0.25, -0.2) is 0 Å². The largest absolute Gasteiger partial charge is 0.469 e. The van der Waals surface area contributed by atoms with Crippen molar-refractivity contribution >= 4 is 14.0 Å². The van der Waals surface area contributed by atoms with Crippen LogP contribution in [0.1, 0.15) is 18.4 Å². The Labute approximate surface area is 109 Å². The van der Waals surface area contributed by atoms with Gasteiger partial charge in [0.2, 0.25) is 0 Å². The molecule has 18 heavy (non-hydrogen) atoms. The molecule has 1 aromatic heterocycles. The molecule has 0 aliphatic rings. The average molecular weight is 264 g/mol. The number of aryl methyl sites for hydroxylation is 1. The van der Waals surface area contributed by atoms with E-state index in [-0.39, 0.29) is 5.97 Å². The maximum atomic E-state index is 11.0. The molecule has 0 fully saturated rings. The highest BCUT2D eigenvalue weighted by atomic mass is 28.3. The fourth-order valence-electron chi connectivity index (χ4n) is 1.30. The van der Waals surface area contributed by atoms with Crippen LogP contribution in [0.2, 0.25) is 19.6 Å². The average Bonchev–Trinajstić information content (AvgIpc) is 2.73. The summed E-state index contributed by atoms with van der Waals surface area (Å²) < 4.78 is 6.40. The van der Waals surface area contributed by atoms with Crippen LogP contribution in [0.5, 0.6) is 0 Å². The molecule has 0 atom stereocenters. The molecule has 98 valence electrons. The van der Waals surface area contributed by atoms with Gasteiger partial charge in [0.15, 0.2) is 0 Å². The zero-order chi connectivity index (χ0) is 13.6. The van der Waals surface area contributed by atoms with Crippen LogP contribution in [-0.4, -0.2) is 30.9 Å². The van der Waals surface area contributed by atoms with Crippen molar-refractivity contribution in [1.82, 2.24) is 9.78 Å². The number of esters is 1. The number of nitrogens with zero attached hydrogens (tertiary/aromatic N) is 2. The van der Waals surface area contributed by atoms with Gasteiger partial charge < -0.3 is 4.74 Å². The minimum absolute atomic E-state index is 0.180. The van der Waals surface area contributed by atoms with E-state index in [4.69, 9.17) is 0 Å². The Morgan fingerprint density at radius 2 is 2.22 bits per heavy atom. The third-order valence-corrected chi connectivity index (χ3v) is 3.09. The molecule has 1 aromatic rings. The lowest BCUT2D eigenvalue weighted by Crippen LogP contribution is -2.16. The predicted molar refractivity (Wildman–Crippen MR) is 73.7 cm³/mol. The van der Waals surface area contributed by atoms with Gasteiger partial charge >= 0.3 is 5.97 Å². The van der Waals surface area contributed by atoms with E-state index >= 15 is 0 Å². The van der Waals surface area contributed by atoms with Crippen molar-refractivity contribution in [2.45, 2.75) is 39.0 Å². The van der Waals surface area contributed by atoms with Crippen LogP contribution >= 0.6 is 0 Å². The Morgan fingerprint density at radius 3 is 2.83 bits per heavy atom. The standard InChI is InChI=1S/C13H20N2O2Si/c1-17-13(16)6-5-8-15-11-12(10-14-15)7-9-18(2,3)4/h10-11H,5-6,8H2,1-4H3. The van der Waals surface area contributed by atoms with Gasteiger partial charge in [-0.05, 0) is 6.42 Å². The smallest absolute Gasteiger partial charge is 0.305 e. The molecule has 0 N–H and O–H groups in total. The van der Waals surface area contributed by atoms with Crippen LogP contribution in [0.25, 0.3) is 0 Å². The number of hydrogen-bond acceptors (Lipinski definition) is 3. The second kappa shape index (κ2) is 6.41. The zero-order valence-electron chi connectivity index (χ0n) is 11.5. The number of aromatic nitrogens is 2. The van der Waals surface area contributed by atoms with E-state index in [1.54, 1.807) is 6.20 Å². The van der Waals surface area contributed by atoms with E-state index in [9.17, 15) is 4.79 Å². The number of carbonyl (C=O) groups is 1. The fourth-order valence-corrected chi connectivity index (χ4v) is 1.82. The molecule has 0 spiro atoms. The van der Waals surface area contributed by atoms with Gasteiger partial charge in [0.05, 0.1) is 18.9 Å². The van der Waals surface area contributed by atoms with Crippen molar-refractivity contribution in [2.75, 3.05) is 7.11 Å². The molecule has 0 bridgehead atoms. The van der Waals surface area contributed by atoms with Gasteiger partial charge in [0.1, 0.15) is 8.07 Å². The quantitative estimate of drug-likeness (QED) is 0.475. The van der Waals surface area contributed by atoms with E-state index in [0.717, 1.165) is 12.0 Å². The van der Waals surface area contributed by atoms with Crippen molar-refractivity contribution in [3.05, 3.63) is 18.0 Å². The lowest BCUT2D eigenvalue weighted by Gasteiger charge is -2.02. The molecule has 5 heteroatoms. The Balaban J connectivity index is 2.48. The highest BCUT2D eigenvalue weighted by Crippen LogP contribution is 2.02. The first-order valence-electron chi connectivity index (χ1n) is 6.03. The van der Waals surface area contributed by atoms with Crippen molar-refractivity contribution < 1.29 is 9.53 Å². The van der Waals surface area contributed by atoms with Crippen molar-refractivity contribution in [1.29, 1.82) is 0 Å². The zero-order valence-corrected chi connectivity index (χ0v) is 12.5. The van der Waals surface area contributed by atoms with Crippen LogP contribution in [-0.2, 0) is 16.1 Å². The van der Waals surface area contributed by atoms with Gasteiger partial charge in [-0.1, -0.05) is 25.6 Å². The summed E-state index contributed by atoms with van der Waals surface area (Å²) in [6.45, 7) is 7.34. The maximum Gasteiger partial charge on any atom is 0.305 e. The minimum atomic E-state index is -1.34. The topological polar surface area (TPSA) is 44.1 Å². The number of rotatable bonds is 4. The third kappa shape index (κ3) is 5.69. The van der Waals surface area contributed by atoms with Crippen LogP contribution in [0.4, 0.5) is 0 Å². The molecule has 0 aliphatic carbocycles. The first kappa shape index (κ1) is 14.5. The van der Waals surface area contributed by atoms with Gasteiger partial charge in [-0.15, -0.1) is 5.54 Å². The lowest BCUT2D eigenvalue weighted by atomic mass is 10.3. The molecular formula is C13H20N2O2Si. The Bertz CT molecular complexity index is 463. The predicted octanol–water partition coefficient (Wildman–Crippen LogP) is 2.07. The van der Waals surface area contributed by atoms with Crippen LogP contribution in [0.3, 0.4) is 0 Å². The summed E-state index contributed by atoms with van der Waals surface area (Å²) in [5.41, 5.74) is 4.24. The highest BCUT2D eigenvalue weighted by molar-refractivity contribution is 6.83. The Hall–Kier alpha value is -1.54. The third-order valence-electron chi connectivity index (χ3n) is 2.21. The second-order valence-corrected chi connectivity index (χ2v) is 9.92. The Morgan fingerprint density at radius 1 is 1.50 bits per heavy atom. The second-order valence-electron chi connectivity index (χ2n) is 5.17. The van der Waals surface area contributed by atoms with E-state index in [1.807, 2.05) is 10.9 Å².